The first-order valence-corrected chi connectivity index (χ1v) is 12.0. The van der Waals surface area contributed by atoms with Gasteiger partial charge < -0.3 is 19.5 Å². The van der Waals surface area contributed by atoms with Crippen LogP contribution in [0.25, 0.3) is 0 Å². The molecule has 0 radical (unpaired) electrons. The number of methoxy groups -OCH3 is 1. The largest absolute Gasteiger partial charge is 0.493 e. The molecule has 8 heteroatoms. The summed E-state index contributed by atoms with van der Waals surface area (Å²) in [5.41, 5.74) is 4.07. The van der Waals surface area contributed by atoms with Crippen molar-refractivity contribution in [3.05, 3.63) is 88.7 Å². The van der Waals surface area contributed by atoms with E-state index < -0.39 is 30.0 Å². The van der Waals surface area contributed by atoms with Gasteiger partial charge in [0.2, 0.25) is 5.75 Å². The fraction of sp³-hybridized carbons (Fsp3) is 0.310. The van der Waals surface area contributed by atoms with Crippen LogP contribution in [0.15, 0.2) is 60.8 Å². The van der Waals surface area contributed by atoms with Crippen LogP contribution in [-0.2, 0) is 14.3 Å². The van der Waals surface area contributed by atoms with Gasteiger partial charge in [0, 0.05) is 25.1 Å². The number of rotatable bonds is 9. The second kappa shape index (κ2) is 12.2. The smallest absolute Gasteiger partial charge is 0.328 e. The highest BCUT2D eigenvalue weighted by atomic mass is 16.6. The molecule has 0 fully saturated rings. The van der Waals surface area contributed by atoms with Crippen LogP contribution in [0.1, 0.15) is 59.4 Å². The zero-order valence-electron chi connectivity index (χ0n) is 21.9. The van der Waals surface area contributed by atoms with Crippen LogP contribution in [0.5, 0.6) is 11.5 Å². The topological polar surface area (TPSA) is 104 Å². The Labute approximate surface area is 217 Å². The lowest BCUT2D eigenvalue weighted by Gasteiger charge is -2.27. The van der Waals surface area contributed by atoms with E-state index in [9.17, 15) is 14.4 Å². The van der Waals surface area contributed by atoms with Gasteiger partial charge in [0.05, 0.1) is 7.11 Å². The van der Waals surface area contributed by atoms with E-state index >= 15 is 0 Å². The summed E-state index contributed by atoms with van der Waals surface area (Å²) in [6.07, 6.45) is 0.821. The highest BCUT2D eigenvalue weighted by Gasteiger charge is 2.29. The van der Waals surface area contributed by atoms with Crippen LogP contribution in [0, 0.1) is 13.8 Å². The number of nitrogens with one attached hydrogen (secondary N) is 1. The fourth-order valence-electron chi connectivity index (χ4n) is 4.13. The Bertz CT molecular complexity index is 1240. The number of amides is 1. The number of pyridine rings is 1. The average molecular weight is 505 g/mol. The van der Waals surface area contributed by atoms with Crippen molar-refractivity contribution in [3.8, 4) is 11.5 Å². The quantitative estimate of drug-likeness (QED) is 0.428. The van der Waals surface area contributed by atoms with Crippen molar-refractivity contribution in [3.63, 3.8) is 0 Å². The number of ether oxygens (including phenoxy) is 3. The standard InChI is InChI=1S/C29H32N2O6/c1-17-9-7-11-22(15-17)25(23-12-8-10-18(2)16-23)20(4)36-29(34)19(3)31-28(33)26-27(37-21(5)32)24(35-6)13-14-30-26/h7-16,19-20,25H,1-6H3,(H,31,33)/t19-,20-/m0/s1. The number of carbonyl (C=O) groups excluding carboxylic acids is 3. The molecule has 0 aliphatic heterocycles. The van der Waals surface area contributed by atoms with Crippen molar-refractivity contribution >= 4 is 17.8 Å². The highest BCUT2D eigenvalue weighted by molar-refractivity contribution is 5.98. The predicted octanol–water partition coefficient (Wildman–Crippen LogP) is 4.51. The maximum Gasteiger partial charge on any atom is 0.328 e. The first kappa shape index (κ1) is 27.4. The minimum atomic E-state index is -0.996. The second-order valence-electron chi connectivity index (χ2n) is 8.93. The average Bonchev–Trinajstić information content (AvgIpc) is 2.84. The van der Waals surface area contributed by atoms with Crippen molar-refractivity contribution in [2.45, 2.75) is 52.7 Å². The zero-order chi connectivity index (χ0) is 27.1. The third-order valence-electron chi connectivity index (χ3n) is 5.82. The predicted molar refractivity (Wildman–Crippen MR) is 139 cm³/mol. The molecule has 0 saturated heterocycles. The molecule has 0 unspecified atom stereocenters. The molecule has 0 aliphatic rings. The normalized spacial score (nSPS) is 12.4. The summed E-state index contributed by atoms with van der Waals surface area (Å²) in [7, 11) is 1.38. The van der Waals surface area contributed by atoms with Crippen LogP contribution in [0.4, 0.5) is 0 Å². The van der Waals surface area contributed by atoms with E-state index in [2.05, 4.69) is 22.4 Å². The molecule has 1 amide bonds. The van der Waals surface area contributed by atoms with Crippen LogP contribution in [0.2, 0.25) is 0 Å². The second-order valence-corrected chi connectivity index (χ2v) is 8.93. The van der Waals surface area contributed by atoms with Gasteiger partial charge >= 0.3 is 11.9 Å². The van der Waals surface area contributed by atoms with Crippen LogP contribution in [-0.4, -0.2) is 42.1 Å². The van der Waals surface area contributed by atoms with Gasteiger partial charge in [0.15, 0.2) is 11.4 Å². The van der Waals surface area contributed by atoms with Crippen molar-refractivity contribution in [2.24, 2.45) is 0 Å². The van der Waals surface area contributed by atoms with Crippen molar-refractivity contribution in [1.82, 2.24) is 10.3 Å². The van der Waals surface area contributed by atoms with Gasteiger partial charge in [-0.15, -0.1) is 0 Å². The van der Waals surface area contributed by atoms with Crippen molar-refractivity contribution in [2.75, 3.05) is 7.11 Å². The molecule has 3 rings (SSSR count). The maximum atomic E-state index is 13.0. The molecule has 194 valence electrons. The third kappa shape index (κ3) is 6.94. The molecule has 8 nitrogen and oxygen atoms in total. The van der Waals surface area contributed by atoms with Gasteiger partial charge in [-0.1, -0.05) is 59.7 Å². The zero-order valence-corrected chi connectivity index (χ0v) is 21.9. The van der Waals surface area contributed by atoms with Gasteiger partial charge in [-0.2, -0.15) is 0 Å². The van der Waals surface area contributed by atoms with Crippen LogP contribution >= 0.6 is 0 Å². The third-order valence-corrected chi connectivity index (χ3v) is 5.82. The van der Waals surface area contributed by atoms with Crippen molar-refractivity contribution in [1.29, 1.82) is 0 Å². The molecule has 0 spiro atoms. The number of benzene rings is 2. The van der Waals surface area contributed by atoms with E-state index in [1.54, 1.807) is 0 Å². The van der Waals surface area contributed by atoms with Gasteiger partial charge in [-0.25, -0.2) is 9.78 Å². The van der Waals surface area contributed by atoms with E-state index in [-0.39, 0.29) is 23.1 Å². The number of hydrogen-bond donors (Lipinski definition) is 1. The van der Waals surface area contributed by atoms with Gasteiger partial charge in [0.25, 0.3) is 5.91 Å². The Balaban J connectivity index is 1.80. The van der Waals surface area contributed by atoms with E-state index in [1.165, 1.54) is 33.2 Å². The first-order chi connectivity index (χ1) is 17.6. The number of aryl methyl sites for hydroxylation is 2. The lowest BCUT2D eigenvalue weighted by molar-refractivity contribution is -0.150. The summed E-state index contributed by atoms with van der Waals surface area (Å²) in [5.74, 6) is -2.12. The lowest BCUT2D eigenvalue weighted by atomic mass is 9.86. The molecule has 1 aromatic heterocycles. The van der Waals surface area contributed by atoms with E-state index in [4.69, 9.17) is 14.2 Å². The van der Waals surface area contributed by atoms with E-state index in [0.29, 0.717) is 0 Å². The van der Waals surface area contributed by atoms with Crippen LogP contribution < -0.4 is 14.8 Å². The lowest BCUT2D eigenvalue weighted by Crippen LogP contribution is -2.41. The number of esters is 2. The molecule has 0 aliphatic carbocycles. The fourth-order valence-corrected chi connectivity index (χ4v) is 4.13. The number of hydrogen-bond acceptors (Lipinski definition) is 7. The number of nitrogens with zero attached hydrogens (tertiary/aromatic N) is 1. The Hall–Kier alpha value is -4.20. The molecular formula is C29H32N2O6. The molecule has 3 aromatic rings. The Morgan fingerprint density at radius 2 is 1.51 bits per heavy atom. The van der Waals surface area contributed by atoms with Crippen LogP contribution in [0.3, 0.4) is 0 Å². The molecule has 0 saturated carbocycles. The molecule has 0 bridgehead atoms. The molecule has 2 aromatic carbocycles. The molecule has 1 N–H and O–H groups in total. The summed E-state index contributed by atoms with van der Waals surface area (Å²) in [4.78, 5) is 41.5. The van der Waals surface area contributed by atoms with E-state index in [1.807, 2.05) is 57.2 Å². The molecular weight excluding hydrogens is 472 g/mol. The monoisotopic (exact) mass is 504 g/mol. The Morgan fingerprint density at radius 1 is 0.919 bits per heavy atom. The minimum absolute atomic E-state index is 0.122. The summed E-state index contributed by atoms with van der Waals surface area (Å²) in [6, 6.07) is 16.6. The Kier molecular flexibility index (Phi) is 9.00. The summed E-state index contributed by atoms with van der Waals surface area (Å²) < 4.78 is 16.2. The highest BCUT2D eigenvalue weighted by Crippen LogP contribution is 2.32. The summed E-state index contributed by atoms with van der Waals surface area (Å²) >= 11 is 0. The number of carbonyl (C=O) groups is 3. The minimum Gasteiger partial charge on any atom is -0.493 e. The summed E-state index contributed by atoms with van der Waals surface area (Å²) in [6.45, 7) is 8.59. The van der Waals surface area contributed by atoms with Gasteiger partial charge in [-0.05, 0) is 38.8 Å². The number of aromatic nitrogens is 1. The molecule has 1 heterocycles. The summed E-state index contributed by atoms with van der Waals surface area (Å²) in [5, 5.41) is 2.58. The van der Waals surface area contributed by atoms with Gasteiger partial charge in [-0.3, -0.25) is 9.59 Å². The van der Waals surface area contributed by atoms with Crippen molar-refractivity contribution < 1.29 is 28.6 Å². The maximum absolute atomic E-state index is 13.0. The molecule has 37 heavy (non-hydrogen) atoms. The Morgan fingerprint density at radius 3 is 2.03 bits per heavy atom. The van der Waals surface area contributed by atoms with Gasteiger partial charge in [0.1, 0.15) is 12.1 Å². The first-order valence-electron chi connectivity index (χ1n) is 12.0. The van der Waals surface area contributed by atoms with E-state index in [0.717, 1.165) is 22.3 Å². The molecule has 2 atom stereocenters. The SMILES string of the molecule is COc1ccnc(C(=O)N[C@@H](C)C(=O)O[C@@H](C)C(c2cccc(C)c2)c2cccc(C)c2)c1OC(C)=O.